The van der Waals surface area contributed by atoms with Gasteiger partial charge in [-0.2, -0.15) is 13.2 Å². The molecule has 0 aliphatic carbocycles. The Hall–Kier alpha value is -1.31. The second-order valence-corrected chi connectivity index (χ2v) is 5.74. The molecule has 0 radical (unpaired) electrons. The monoisotopic (exact) mass is 368 g/mol. The summed E-state index contributed by atoms with van der Waals surface area (Å²) in [6, 6.07) is 3.34. The lowest BCUT2D eigenvalue weighted by Gasteiger charge is -2.33. The molecule has 1 N–H and O–H groups in total. The van der Waals surface area contributed by atoms with Crippen molar-refractivity contribution in [1.29, 1.82) is 0 Å². The van der Waals surface area contributed by atoms with E-state index in [1.54, 1.807) is 0 Å². The molecule has 2 rings (SSSR count). The van der Waals surface area contributed by atoms with Crippen molar-refractivity contribution in [2.75, 3.05) is 18.4 Å². The number of amides is 2. The van der Waals surface area contributed by atoms with E-state index in [4.69, 9.17) is 0 Å². The van der Waals surface area contributed by atoms with Crippen LogP contribution in [0.5, 0.6) is 0 Å². The first kappa shape index (κ1) is 16.1. The largest absolute Gasteiger partial charge is 0.393 e. The number of carbonyl (C=O) groups excluding carboxylic acids is 1. The van der Waals surface area contributed by atoms with Gasteiger partial charge in [-0.25, -0.2) is 9.18 Å². The molecule has 1 saturated heterocycles. The first-order valence-electron chi connectivity index (χ1n) is 6.35. The fraction of sp³-hybridized carbons (Fsp3) is 0.462. The van der Waals surface area contributed by atoms with Gasteiger partial charge in [-0.05, 0) is 47.0 Å². The average Bonchev–Trinajstić information content (AvgIpc) is 2.42. The smallest absolute Gasteiger partial charge is 0.324 e. The van der Waals surface area contributed by atoms with Crippen molar-refractivity contribution in [3.8, 4) is 0 Å². The molecule has 1 fully saturated rings. The first-order valence-corrected chi connectivity index (χ1v) is 7.14. The van der Waals surface area contributed by atoms with Crippen molar-refractivity contribution < 1.29 is 22.4 Å². The van der Waals surface area contributed by atoms with Gasteiger partial charge >= 0.3 is 12.2 Å². The number of likely N-dealkylation sites (tertiary alicyclic amines) is 1. The number of urea groups is 1. The van der Waals surface area contributed by atoms with E-state index in [0.717, 1.165) is 11.0 Å². The molecule has 0 spiro atoms. The summed E-state index contributed by atoms with van der Waals surface area (Å²) in [5, 5.41) is 2.41. The quantitative estimate of drug-likeness (QED) is 0.732. The zero-order chi connectivity index (χ0) is 15.6. The number of rotatable bonds is 1. The number of piperidine rings is 1. The highest BCUT2D eigenvalue weighted by Gasteiger charge is 2.42. The van der Waals surface area contributed by atoms with Crippen LogP contribution in [-0.2, 0) is 0 Å². The third-order valence-corrected chi connectivity index (χ3v) is 3.99. The molecule has 1 aromatic rings. The van der Waals surface area contributed by atoms with Gasteiger partial charge in [0, 0.05) is 18.8 Å². The molecule has 0 aromatic heterocycles. The highest BCUT2D eigenvalue weighted by Crippen LogP contribution is 2.33. The first-order chi connectivity index (χ1) is 9.77. The Balaban J connectivity index is 2.01. The standard InChI is InChI=1S/C13H13BrF4N2O/c14-10-4-3-9(6-11(10)15)19-12(21)20-5-1-2-8(7-20)13(16,17)18/h3-4,6,8H,1-2,5,7H2,(H,19,21). The van der Waals surface area contributed by atoms with E-state index < -0.39 is 23.9 Å². The molecule has 0 bridgehead atoms. The molecule has 1 aliphatic heterocycles. The van der Waals surface area contributed by atoms with E-state index in [2.05, 4.69) is 21.2 Å². The molecule has 1 aromatic carbocycles. The molecule has 1 atom stereocenters. The van der Waals surface area contributed by atoms with Crippen LogP contribution in [-0.4, -0.2) is 30.2 Å². The number of anilines is 1. The summed E-state index contributed by atoms with van der Waals surface area (Å²) in [6.45, 7) is -0.105. The number of hydrogen-bond donors (Lipinski definition) is 1. The lowest BCUT2D eigenvalue weighted by Crippen LogP contribution is -2.46. The third kappa shape index (κ3) is 4.09. The van der Waals surface area contributed by atoms with E-state index in [-0.39, 0.29) is 29.7 Å². The van der Waals surface area contributed by atoms with Crippen LogP contribution in [0.2, 0.25) is 0 Å². The van der Waals surface area contributed by atoms with Gasteiger partial charge in [0.1, 0.15) is 5.82 Å². The number of hydrogen-bond acceptors (Lipinski definition) is 1. The zero-order valence-corrected chi connectivity index (χ0v) is 12.5. The maximum Gasteiger partial charge on any atom is 0.393 e. The molecule has 8 heteroatoms. The number of alkyl halides is 3. The van der Waals surface area contributed by atoms with Gasteiger partial charge in [-0.1, -0.05) is 0 Å². The summed E-state index contributed by atoms with van der Waals surface area (Å²) < 4.78 is 51.6. The summed E-state index contributed by atoms with van der Waals surface area (Å²) in [5.41, 5.74) is 0.204. The number of nitrogens with one attached hydrogen (secondary N) is 1. The van der Waals surface area contributed by atoms with Crippen molar-refractivity contribution >= 4 is 27.6 Å². The molecule has 3 nitrogen and oxygen atoms in total. The number of benzene rings is 1. The minimum atomic E-state index is -4.30. The third-order valence-electron chi connectivity index (χ3n) is 3.34. The normalized spacial score (nSPS) is 19.5. The Morgan fingerprint density at radius 2 is 2.10 bits per heavy atom. The Bertz CT molecular complexity index is 535. The molecule has 116 valence electrons. The summed E-state index contributed by atoms with van der Waals surface area (Å²) in [6.07, 6.45) is -3.98. The van der Waals surface area contributed by atoms with Crippen molar-refractivity contribution in [2.45, 2.75) is 19.0 Å². The van der Waals surface area contributed by atoms with Crippen LogP contribution in [0.3, 0.4) is 0 Å². The van der Waals surface area contributed by atoms with Gasteiger partial charge in [0.15, 0.2) is 0 Å². The Morgan fingerprint density at radius 1 is 1.38 bits per heavy atom. The Labute approximate surface area is 127 Å². The van der Waals surface area contributed by atoms with Crippen LogP contribution >= 0.6 is 15.9 Å². The Morgan fingerprint density at radius 3 is 2.71 bits per heavy atom. The molecule has 2 amide bonds. The van der Waals surface area contributed by atoms with E-state index in [1.807, 2.05) is 0 Å². The van der Waals surface area contributed by atoms with Crippen LogP contribution in [0.1, 0.15) is 12.8 Å². The SMILES string of the molecule is O=C(Nc1ccc(Br)c(F)c1)N1CCCC(C(F)(F)F)C1. The van der Waals surface area contributed by atoms with Gasteiger partial charge in [0.2, 0.25) is 0 Å². The Kier molecular flexibility index (Phi) is 4.75. The number of carbonyl (C=O) groups is 1. The minimum absolute atomic E-state index is 0.0280. The van der Waals surface area contributed by atoms with Crippen LogP contribution < -0.4 is 5.32 Å². The molecule has 0 saturated carbocycles. The summed E-state index contributed by atoms with van der Waals surface area (Å²) in [7, 11) is 0. The lowest BCUT2D eigenvalue weighted by atomic mass is 9.98. The highest BCUT2D eigenvalue weighted by molar-refractivity contribution is 9.10. The van der Waals surface area contributed by atoms with Crippen molar-refractivity contribution in [3.05, 3.63) is 28.5 Å². The lowest BCUT2D eigenvalue weighted by molar-refractivity contribution is -0.183. The zero-order valence-electron chi connectivity index (χ0n) is 10.9. The van der Waals surface area contributed by atoms with Crippen molar-refractivity contribution in [3.63, 3.8) is 0 Å². The van der Waals surface area contributed by atoms with E-state index in [1.165, 1.54) is 12.1 Å². The van der Waals surface area contributed by atoms with Crippen LogP contribution in [0.25, 0.3) is 0 Å². The van der Waals surface area contributed by atoms with Gasteiger partial charge in [-0.3, -0.25) is 0 Å². The number of nitrogens with zero attached hydrogens (tertiary/aromatic N) is 1. The van der Waals surface area contributed by atoms with Crippen molar-refractivity contribution in [2.24, 2.45) is 5.92 Å². The van der Waals surface area contributed by atoms with Gasteiger partial charge in [-0.15, -0.1) is 0 Å². The topological polar surface area (TPSA) is 32.3 Å². The van der Waals surface area contributed by atoms with Crippen molar-refractivity contribution in [1.82, 2.24) is 4.90 Å². The highest BCUT2D eigenvalue weighted by atomic mass is 79.9. The molecule has 1 heterocycles. The average molecular weight is 369 g/mol. The van der Waals surface area contributed by atoms with Gasteiger partial charge < -0.3 is 10.2 Å². The second-order valence-electron chi connectivity index (χ2n) is 4.89. The predicted octanol–water partition coefficient (Wildman–Crippen LogP) is 4.39. The van der Waals surface area contributed by atoms with Gasteiger partial charge in [0.25, 0.3) is 0 Å². The van der Waals surface area contributed by atoms with E-state index in [0.29, 0.717) is 6.42 Å². The van der Waals surface area contributed by atoms with Gasteiger partial charge in [0.05, 0.1) is 10.4 Å². The molecular weight excluding hydrogens is 356 g/mol. The van der Waals surface area contributed by atoms with Crippen LogP contribution in [0.15, 0.2) is 22.7 Å². The van der Waals surface area contributed by atoms with E-state index in [9.17, 15) is 22.4 Å². The second kappa shape index (κ2) is 6.21. The maximum atomic E-state index is 13.3. The van der Waals surface area contributed by atoms with Crippen LogP contribution in [0, 0.1) is 11.7 Å². The molecule has 1 unspecified atom stereocenters. The maximum absolute atomic E-state index is 13.3. The fourth-order valence-corrected chi connectivity index (χ4v) is 2.45. The summed E-state index contributed by atoms with van der Waals surface area (Å²) >= 11 is 2.98. The van der Waals surface area contributed by atoms with Crippen LogP contribution in [0.4, 0.5) is 28.0 Å². The summed E-state index contributed by atoms with van der Waals surface area (Å²) in [4.78, 5) is 13.1. The molecule has 1 aliphatic rings. The number of halogens is 5. The molecule has 21 heavy (non-hydrogen) atoms. The fourth-order valence-electron chi connectivity index (χ4n) is 2.21. The minimum Gasteiger partial charge on any atom is -0.324 e. The predicted molar refractivity (Wildman–Crippen MR) is 73.5 cm³/mol. The van der Waals surface area contributed by atoms with E-state index >= 15 is 0 Å². The molecular formula is C13H13BrF4N2O. The summed E-state index contributed by atoms with van der Waals surface area (Å²) in [5.74, 6) is -2.06.